The summed E-state index contributed by atoms with van der Waals surface area (Å²) in [5.41, 5.74) is -1.98. The quantitative estimate of drug-likeness (QED) is 0.759. The monoisotopic (exact) mass is 298 g/mol. The number of allylic oxidation sites excluding steroid dienone is 1. The number of rotatable bonds is 2. The predicted octanol–water partition coefficient (Wildman–Crippen LogP) is 4.26. The summed E-state index contributed by atoms with van der Waals surface area (Å²) in [6.07, 6.45) is -4.47. The molecule has 0 spiro atoms. The minimum atomic E-state index is -4.47. The number of hydrogen-bond donors (Lipinski definition) is 0. The Hall–Kier alpha value is -1.27. The Balaban J connectivity index is 2.36. The molecule has 0 unspecified atom stereocenters. The molecule has 1 aromatic rings. The third-order valence-corrected chi connectivity index (χ3v) is 3.96. The van der Waals surface area contributed by atoms with Crippen molar-refractivity contribution in [3.63, 3.8) is 0 Å². The number of alkyl halides is 3. The lowest BCUT2D eigenvalue weighted by Gasteiger charge is -2.32. The van der Waals surface area contributed by atoms with E-state index in [0.717, 1.165) is 5.98 Å². The highest BCUT2D eigenvalue weighted by atomic mass is 19.4. The van der Waals surface area contributed by atoms with E-state index in [-0.39, 0.29) is 5.56 Å². The van der Waals surface area contributed by atoms with Gasteiger partial charge in [-0.2, -0.15) is 13.2 Å². The van der Waals surface area contributed by atoms with Crippen LogP contribution in [0.1, 0.15) is 33.3 Å². The molecule has 0 atom stereocenters. The van der Waals surface area contributed by atoms with Gasteiger partial charge in [0.1, 0.15) is 0 Å². The zero-order valence-corrected chi connectivity index (χ0v) is 12.5. The van der Waals surface area contributed by atoms with Crippen molar-refractivity contribution in [3.05, 3.63) is 41.9 Å². The van der Waals surface area contributed by atoms with Gasteiger partial charge in [0, 0.05) is 0 Å². The second kappa shape index (κ2) is 5.18. The summed E-state index contributed by atoms with van der Waals surface area (Å²) in [4.78, 5) is 0. The second-order valence-corrected chi connectivity index (χ2v) is 6.07. The van der Waals surface area contributed by atoms with Crippen molar-refractivity contribution in [2.24, 2.45) is 0 Å². The largest absolute Gasteiger partial charge is 0.487 e. The fourth-order valence-electron chi connectivity index (χ4n) is 2.06. The summed E-state index contributed by atoms with van der Waals surface area (Å²) < 4.78 is 51.0. The summed E-state index contributed by atoms with van der Waals surface area (Å²) in [7, 11) is -1.02. The highest BCUT2D eigenvalue weighted by Crippen LogP contribution is 2.40. The molecule has 114 valence electrons. The van der Waals surface area contributed by atoms with E-state index in [1.807, 2.05) is 0 Å². The molecule has 0 bridgehead atoms. The normalized spacial score (nSPS) is 21.7. The van der Waals surface area contributed by atoms with Crippen LogP contribution in [0.5, 0.6) is 0 Å². The molecule has 6 heteroatoms. The molecule has 2 rings (SSSR count). The first-order valence-electron chi connectivity index (χ1n) is 6.73. The van der Waals surface area contributed by atoms with Crippen molar-refractivity contribution in [1.82, 2.24) is 0 Å². The van der Waals surface area contributed by atoms with Gasteiger partial charge in [0.05, 0.1) is 16.8 Å². The van der Waals surface area contributed by atoms with Crippen LogP contribution < -0.4 is 0 Å². The van der Waals surface area contributed by atoms with Crippen LogP contribution in [0, 0.1) is 0 Å². The summed E-state index contributed by atoms with van der Waals surface area (Å²) in [5.74, 6) is 1.01. The van der Waals surface area contributed by atoms with Crippen LogP contribution in [-0.4, -0.2) is 24.5 Å². The van der Waals surface area contributed by atoms with Crippen molar-refractivity contribution >= 4 is 12.7 Å². The van der Waals surface area contributed by atoms with E-state index in [4.69, 9.17) is 9.31 Å². The average Bonchev–Trinajstić information content (AvgIpc) is 2.54. The third-order valence-electron chi connectivity index (χ3n) is 3.96. The van der Waals surface area contributed by atoms with Gasteiger partial charge in [-0.05, 0) is 39.2 Å². The first kappa shape index (κ1) is 16.1. The second-order valence-electron chi connectivity index (χ2n) is 6.07. The fourth-order valence-corrected chi connectivity index (χ4v) is 2.06. The van der Waals surface area contributed by atoms with Crippen molar-refractivity contribution < 1.29 is 22.5 Å². The van der Waals surface area contributed by atoms with Crippen molar-refractivity contribution in [2.75, 3.05) is 0 Å². The van der Waals surface area contributed by atoms with E-state index >= 15 is 0 Å². The Labute approximate surface area is 123 Å². The summed E-state index contributed by atoms with van der Waals surface area (Å²) in [6.45, 7) is 7.21. The van der Waals surface area contributed by atoms with Gasteiger partial charge >= 0.3 is 13.3 Å². The maximum absolute atomic E-state index is 13.3. The zero-order valence-electron chi connectivity index (χ0n) is 12.5. The van der Waals surface area contributed by atoms with E-state index in [0.29, 0.717) is 0 Å². The molecule has 0 radical (unpaired) electrons. The summed E-state index contributed by atoms with van der Waals surface area (Å²) in [5, 5.41) is 0. The molecule has 0 N–H and O–H groups in total. The van der Waals surface area contributed by atoms with Crippen molar-refractivity contribution in [3.8, 4) is 0 Å². The molecule has 1 aliphatic heterocycles. The number of hydrogen-bond acceptors (Lipinski definition) is 2. The fraction of sp³-hybridized carbons (Fsp3) is 0.467. The molecule has 21 heavy (non-hydrogen) atoms. The Kier molecular flexibility index (Phi) is 3.97. The van der Waals surface area contributed by atoms with E-state index in [9.17, 15) is 13.2 Å². The molecule has 1 fully saturated rings. The maximum Gasteiger partial charge on any atom is 0.487 e. The van der Waals surface area contributed by atoms with Crippen LogP contribution in [0.2, 0.25) is 0 Å². The van der Waals surface area contributed by atoms with Crippen LogP contribution >= 0.6 is 0 Å². The van der Waals surface area contributed by atoms with Crippen LogP contribution in [0.15, 0.2) is 36.3 Å². The van der Waals surface area contributed by atoms with E-state index in [1.54, 1.807) is 45.9 Å². The van der Waals surface area contributed by atoms with E-state index < -0.39 is 30.1 Å². The Morgan fingerprint density at radius 2 is 1.48 bits per heavy atom. The van der Waals surface area contributed by atoms with Crippen LogP contribution in [0.3, 0.4) is 0 Å². The van der Waals surface area contributed by atoms with Gasteiger partial charge in [-0.15, -0.1) is 0 Å². The Morgan fingerprint density at radius 3 is 1.90 bits per heavy atom. The van der Waals surface area contributed by atoms with Gasteiger partial charge in [0.25, 0.3) is 0 Å². The number of benzene rings is 1. The van der Waals surface area contributed by atoms with Gasteiger partial charge in [-0.1, -0.05) is 30.3 Å². The highest BCUT2D eigenvalue weighted by molar-refractivity contribution is 6.53. The Morgan fingerprint density at radius 1 is 1.00 bits per heavy atom. The molecule has 2 nitrogen and oxygen atoms in total. The SMILES string of the molecule is CC1(C)OB(/C=C(\c2ccccc2)C(F)(F)F)OC1(C)C. The lowest BCUT2D eigenvalue weighted by Crippen LogP contribution is -2.41. The van der Waals surface area contributed by atoms with E-state index in [1.165, 1.54) is 12.1 Å². The minimum absolute atomic E-state index is 0.0970. The predicted molar refractivity (Wildman–Crippen MR) is 76.6 cm³/mol. The van der Waals surface area contributed by atoms with Crippen LogP contribution in [-0.2, 0) is 9.31 Å². The molecule has 0 saturated carbocycles. The summed E-state index contributed by atoms with van der Waals surface area (Å²) >= 11 is 0. The van der Waals surface area contributed by atoms with Crippen molar-refractivity contribution in [1.29, 1.82) is 0 Å². The van der Waals surface area contributed by atoms with Gasteiger partial charge < -0.3 is 9.31 Å². The molecule has 1 aromatic carbocycles. The number of halogens is 3. The first-order chi connectivity index (χ1) is 9.53. The van der Waals surface area contributed by atoms with Crippen LogP contribution in [0.4, 0.5) is 13.2 Å². The standard InChI is InChI=1S/C15H18BF3O2/c1-13(2)14(3,4)21-16(20-13)10-12(15(17,18)19)11-8-6-5-7-9-11/h5-10H,1-4H3/b12-10+. The van der Waals surface area contributed by atoms with Crippen molar-refractivity contribution in [2.45, 2.75) is 45.1 Å². The Bertz CT molecular complexity index is 520. The lowest BCUT2D eigenvalue weighted by atomic mass is 9.84. The molecule has 1 saturated heterocycles. The molecule has 0 aliphatic carbocycles. The van der Waals surface area contributed by atoms with Gasteiger partial charge in [-0.25, -0.2) is 0 Å². The summed E-state index contributed by atoms with van der Waals surface area (Å²) in [6, 6.07) is 7.65. The van der Waals surface area contributed by atoms with Gasteiger partial charge in [0.15, 0.2) is 0 Å². The molecular weight excluding hydrogens is 280 g/mol. The zero-order chi connectivity index (χ0) is 15.9. The molecule has 1 aliphatic rings. The molecule has 1 heterocycles. The van der Waals surface area contributed by atoms with E-state index in [2.05, 4.69) is 0 Å². The minimum Gasteiger partial charge on any atom is -0.400 e. The maximum atomic E-state index is 13.3. The molecule has 0 aromatic heterocycles. The lowest BCUT2D eigenvalue weighted by molar-refractivity contribution is -0.0689. The van der Waals surface area contributed by atoms with Gasteiger partial charge in [-0.3, -0.25) is 0 Å². The molecular formula is C15H18BF3O2. The molecule has 0 amide bonds. The van der Waals surface area contributed by atoms with Gasteiger partial charge in [0.2, 0.25) is 0 Å². The average molecular weight is 298 g/mol. The van der Waals surface area contributed by atoms with Crippen LogP contribution in [0.25, 0.3) is 5.57 Å². The first-order valence-corrected chi connectivity index (χ1v) is 6.73. The topological polar surface area (TPSA) is 18.5 Å². The third kappa shape index (κ3) is 3.32. The highest BCUT2D eigenvalue weighted by Gasteiger charge is 2.51. The smallest absolute Gasteiger partial charge is 0.400 e.